The van der Waals surface area contributed by atoms with Crippen LogP contribution in [0.15, 0.2) is 47.6 Å². The molecule has 0 amide bonds. The molecule has 1 heterocycles. The molecule has 0 radical (unpaired) electrons. The van der Waals surface area contributed by atoms with Crippen molar-refractivity contribution < 1.29 is 0 Å². The summed E-state index contributed by atoms with van der Waals surface area (Å²) in [6, 6.07) is 12.9. The number of benzene rings is 1. The predicted molar refractivity (Wildman–Crippen MR) is 92.2 cm³/mol. The fourth-order valence-electron chi connectivity index (χ4n) is 2.01. The van der Waals surface area contributed by atoms with Gasteiger partial charge in [-0.25, -0.2) is 4.98 Å². The highest BCUT2D eigenvalue weighted by Crippen LogP contribution is 2.24. The molecule has 1 aromatic heterocycles. The summed E-state index contributed by atoms with van der Waals surface area (Å²) in [5.41, 5.74) is 2.62. The molecule has 0 aliphatic carbocycles. The average Bonchev–Trinajstić information content (AvgIpc) is 2.50. The normalized spacial score (nSPS) is 12.3. The zero-order valence-corrected chi connectivity index (χ0v) is 14.0. The lowest BCUT2D eigenvalue weighted by molar-refractivity contribution is 0.577. The summed E-state index contributed by atoms with van der Waals surface area (Å²) in [5.74, 6) is 0.956. The Kier molecular flexibility index (Phi) is 6.55. The van der Waals surface area contributed by atoms with Crippen molar-refractivity contribution in [3.8, 4) is 0 Å². The topological polar surface area (TPSA) is 24.9 Å². The lowest BCUT2D eigenvalue weighted by Crippen LogP contribution is -2.24. The third kappa shape index (κ3) is 5.34. The van der Waals surface area contributed by atoms with E-state index in [0.29, 0.717) is 11.1 Å². The second-order valence-electron chi connectivity index (χ2n) is 5.04. The first kappa shape index (κ1) is 16.3. The second kappa shape index (κ2) is 8.42. The van der Waals surface area contributed by atoms with Gasteiger partial charge in [-0.15, -0.1) is 11.8 Å². The minimum atomic E-state index is 0.341. The number of nitrogens with one attached hydrogen (secondary N) is 1. The number of hydrogen-bond donors (Lipinski definition) is 1. The van der Waals surface area contributed by atoms with Crippen molar-refractivity contribution in [3.05, 3.63) is 58.7 Å². The van der Waals surface area contributed by atoms with Crippen LogP contribution in [0.4, 0.5) is 0 Å². The van der Waals surface area contributed by atoms with Crippen LogP contribution in [0, 0.1) is 6.92 Å². The van der Waals surface area contributed by atoms with Gasteiger partial charge >= 0.3 is 0 Å². The van der Waals surface area contributed by atoms with Gasteiger partial charge in [-0.3, -0.25) is 0 Å². The van der Waals surface area contributed by atoms with E-state index in [2.05, 4.69) is 48.4 Å². The van der Waals surface area contributed by atoms with Crippen LogP contribution in [0.2, 0.25) is 5.02 Å². The first-order valence-corrected chi connectivity index (χ1v) is 8.59. The SMILES string of the molecule is CCCNC(CSc1ccc(Cl)cn1)c1ccc(C)cc1. The van der Waals surface area contributed by atoms with Crippen LogP contribution in [0.5, 0.6) is 0 Å². The number of nitrogens with zero attached hydrogens (tertiary/aromatic N) is 1. The van der Waals surface area contributed by atoms with Crippen LogP contribution in [0.25, 0.3) is 0 Å². The fourth-order valence-corrected chi connectivity index (χ4v) is 3.06. The monoisotopic (exact) mass is 320 g/mol. The third-order valence-electron chi connectivity index (χ3n) is 3.22. The van der Waals surface area contributed by atoms with Crippen molar-refractivity contribution in [1.29, 1.82) is 0 Å². The first-order chi connectivity index (χ1) is 10.2. The van der Waals surface area contributed by atoms with Crippen molar-refractivity contribution in [2.24, 2.45) is 0 Å². The van der Waals surface area contributed by atoms with Crippen LogP contribution in [0.1, 0.15) is 30.5 Å². The summed E-state index contributed by atoms with van der Waals surface area (Å²) in [7, 11) is 0. The van der Waals surface area contributed by atoms with E-state index in [1.807, 2.05) is 12.1 Å². The predicted octanol–water partition coefficient (Wildman–Crippen LogP) is 4.88. The molecule has 1 aromatic carbocycles. The van der Waals surface area contributed by atoms with Gasteiger partial charge in [-0.2, -0.15) is 0 Å². The number of aromatic nitrogens is 1. The van der Waals surface area contributed by atoms with Gasteiger partial charge in [0.05, 0.1) is 10.0 Å². The van der Waals surface area contributed by atoms with Gasteiger partial charge in [0.1, 0.15) is 0 Å². The first-order valence-electron chi connectivity index (χ1n) is 7.23. The van der Waals surface area contributed by atoms with Crippen LogP contribution in [-0.4, -0.2) is 17.3 Å². The van der Waals surface area contributed by atoms with Crippen molar-refractivity contribution in [1.82, 2.24) is 10.3 Å². The number of halogens is 1. The van der Waals surface area contributed by atoms with E-state index in [9.17, 15) is 0 Å². The Morgan fingerprint density at radius 3 is 2.57 bits per heavy atom. The Morgan fingerprint density at radius 2 is 1.95 bits per heavy atom. The lowest BCUT2D eigenvalue weighted by Gasteiger charge is -2.18. The van der Waals surface area contributed by atoms with Crippen LogP contribution in [-0.2, 0) is 0 Å². The average molecular weight is 321 g/mol. The molecule has 1 N–H and O–H groups in total. The summed E-state index contributed by atoms with van der Waals surface area (Å²) >= 11 is 7.62. The summed E-state index contributed by atoms with van der Waals surface area (Å²) < 4.78 is 0. The van der Waals surface area contributed by atoms with E-state index in [0.717, 1.165) is 23.7 Å². The van der Waals surface area contributed by atoms with Crippen molar-refractivity contribution in [2.75, 3.05) is 12.3 Å². The molecule has 112 valence electrons. The molecule has 0 fully saturated rings. The quantitative estimate of drug-likeness (QED) is 0.736. The molecule has 1 atom stereocenters. The number of thioether (sulfide) groups is 1. The molecular formula is C17H21ClN2S. The molecular weight excluding hydrogens is 300 g/mol. The molecule has 21 heavy (non-hydrogen) atoms. The molecule has 0 bridgehead atoms. The van der Waals surface area contributed by atoms with Crippen molar-refractivity contribution >= 4 is 23.4 Å². The number of pyridine rings is 1. The molecule has 2 aromatic rings. The molecule has 0 saturated carbocycles. The van der Waals surface area contributed by atoms with Crippen LogP contribution >= 0.6 is 23.4 Å². The van der Waals surface area contributed by atoms with Gasteiger partial charge in [0.2, 0.25) is 0 Å². The second-order valence-corrected chi connectivity index (χ2v) is 6.52. The van der Waals surface area contributed by atoms with Gasteiger partial charge in [-0.05, 0) is 37.6 Å². The highest BCUT2D eigenvalue weighted by atomic mass is 35.5. The molecule has 1 unspecified atom stereocenters. The summed E-state index contributed by atoms with van der Waals surface area (Å²) in [6.45, 7) is 5.32. The number of rotatable bonds is 7. The van der Waals surface area contributed by atoms with Crippen LogP contribution in [0.3, 0.4) is 0 Å². The molecule has 0 aliphatic rings. The van der Waals surface area contributed by atoms with Gasteiger partial charge in [-0.1, -0.05) is 48.4 Å². The molecule has 0 saturated heterocycles. The van der Waals surface area contributed by atoms with Crippen molar-refractivity contribution in [3.63, 3.8) is 0 Å². The Morgan fingerprint density at radius 1 is 1.19 bits per heavy atom. The highest BCUT2D eigenvalue weighted by Gasteiger charge is 2.11. The smallest absolute Gasteiger partial charge is 0.0961 e. The van der Waals surface area contributed by atoms with E-state index < -0.39 is 0 Å². The van der Waals surface area contributed by atoms with Crippen LogP contribution < -0.4 is 5.32 Å². The maximum absolute atomic E-state index is 5.87. The zero-order valence-electron chi connectivity index (χ0n) is 12.5. The fraction of sp³-hybridized carbons (Fsp3) is 0.353. The van der Waals surface area contributed by atoms with Gasteiger partial charge in [0, 0.05) is 18.0 Å². The highest BCUT2D eigenvalue weighted by molar-refractivity contribution is 7.99. The number of hydrogen-bond acceptors (Lipinski definition) is 3. The summed E-state index contributed by atoms with van der Waals surface area (Å²) in [5, 5.41) is 5.30. The Bertz CT molecular complexity index is 540. The minimum absolute atomic E-state index is 0.341. The van der Waals surface area contributed by atoms with Crippen molar-refractivity contribution in [2.45, 2.75) is 31.3 Å². The standard InChI is InChI=1S/C17H21ClN2S/c1-3-10-19-16(14-6-4-13(2)5-7-14)12-21-17-9-8-15(18)11-20-17/h4-9,11,16,19H,3,10,12H2,1-2H3. The third-order valence-corrected chi connectivity index (χ3v) is 4.48. The minimum Gasteiger partial charge on any atom is -0.309 e. The molecule has 2 rings (SSSR count). The Balaban J connectivity index is 2.02. The largest absolute Gasteiger partial charge is 0.309 e. The molecule has 2 nitrogen and oxygen atoms in total. The molecule has 4 heteroatoms. The van der Waals surface area contributed by atoms with E-state index in [-0.39, 0.29) is 0 Å². The zero-order chi connectivity index (χ0) is 15.1. The van der Waals surface area contributed by atoms with Gasteiger partial charge in [0.15, 0.2) is 0 Å². The van der Waals surface area contributed by atoms with E-state index in [4.69, 9.17) is 11.6 Å². The van der Waals surface area contributed by atoms with E-state index in [1.165, 1.54) is 11.1 Å². The van der Waals surface area contributed by atoms with Gasteiger partial charge in [0.25, 0.3) is 0 Å². The maximum Gasteiger partial charge on any atom is 0.0961 e. The lowest BCUT2D eigenvalue weighted by atomic mass is 10.1. The van der Waals surface area contributed by atoms with Gasteiger partial charge < -0.3 is 5.32 Å². The summed E-state index contributed by atoms with van der Waals surface area (Å²) in [6.07, 6.45) is 2.83. The number of aryl methyl sites for hydroxylation is 1. The molecule has 0 aliphatic heterocycles. The Labute approximate surface area is 136 Å². The summed E-state index contributed by atoms with van der Waals surface area (Å²) in [4.78, 5) is 4.34. The maximum atomic E-state index is 5.87. The van der Waals surface area contributed by atoms with E-state index >= 15 is 0 Å². The Hall–Kier alpha value is -1.03. The molecule has 0 spiro atoms. The van der Waals surface area contributed by atoms with E-state index in [1.54, 1.807) is 18.0 Å².